The van der Waals surface area contributed by atoms with Crippen molar-refractivity contribution in [1.29, 1.82) is 0 Å². The van der Waals surface area contributed by atoms with Gasteiger partial charge in [-0.2, -0.15) is 5.10 Å². The first-order chi connectivity index (χ1) is 15.1. The second kappa shape index (κ2) is 9.34. The van der Waals surface area contributed by atoms with Gasteiger partial charge in [0.15, 0.2) is 0 Å². The number of aromatic nitrogens is 2. The predicted octanol–water partition coefficient (Wildman–Crippen LogP) is 4.72. The van der Waals surface area contributed by atoms with Gasteiger partial charge in [-0.25, -0.2) is 9.07 Å². The summed E-state index contributed by atoms with van der Waals surface area (Å²) in [6.07, 6.45) is 0. The number of anilines is 1. The van der Waals surface area contributed by atoms with Crippen LogP contribution in [0.4, 0.5) is 10.2 Å². The molecule has 0 unspecified atom stereocenters. The number of carbonyl (C=O) groups excluding carboxylic acids is 2. The van der Waals surface area contributed by atoms with Crippen LogP contribution in [0.2, 0.25) is 0 Å². The highest BCUT2D eigenvalue weighted by Gasteiger charge is 2.24. The normalized spacial score (nSPS) is 11.3. The third-order valence-electron chi connectivity index (χ3n) is 5.20. The molecule has 2 amide bonds. The molecular weight excluding hydrogens is 407 g/mol. The summed E-state index contributed by atoms with van der Waals surface area (Å²) in [6.45, 7) is 9.95. The molecular formula is C25H29FN4O2. The maximum atomic E-state index is 14.1. The SMILES string of the molecule is CCN(CC(=O)Nc1cc(C(C)(C)C)nn1-c1ccccc1C)C(=O)c1ccccc1F. The van der Waals surface area contributed by atoms with Gasteiger partial charge in [-0.3, -0.25) is 9.59 Å². The molecule has 1 N–H and O–H groups in total. The maximum Gasteiger partial charge on any atom is 0.257 e. The molecule has 0 spiro atoms. The molecule has 0 aliphatic rings. The lowest BCUT2D eigenvalue weighted by Gasteiger charge is -2.21. The number of rotatable bonds is 6. The second-order valence-electron chi connectivity index (χ2n) is 8.71. The number of benzene rings is 2. The molecule has 3 rings (SSSR count). The van der Waals surface area contributed by atoms with Gasteiger partial charge in [-0.05, 0) is 37.6 Å². The van der Waals surface area contributed by atoms with Crippen molar-refractivity contribution in [3.63, 3.8) is 0 Å². The van der Waals surface area contributed by atoms with Crippen LogP contribution in [0.5, 0.6) is 0 Å². The average molecular weight is 437 g/mol. The molecule has 0 saturated carbocycles. The third kappa shape index (κ3) is 5.04. The van der Waals surface area contributed by atoms with Crippen molar-refractivity contribution in [3.05, 3.63) is 77.2 Å². The number of hydrogen-bond acceptors (Lipinski definition) is 3. The van der Waals surface area contributed by atoms with Crippen molar-refractivity contribution < 1.29 is 14.0 Å². The van der Waals surface area contributed by atoms with E-state index in [4.69, 9.17) is 5.10 Å². The average Bonchev–Trinajstić information content (AvgIpc) is 3.16. The fourth-order valence-corrected chi connectivity index (χ4v) is 3.31. The van der Waals surface area contributed by atoms with Crippen LogP contribution < -0.4 is 5.32 Å². The first kappa shape index (κ1) is 23.2. The Morgan fingerprint density at radius 3 is 2.38 bits per heavy atom. The second-order valence-corrected chi connectivity index (χ2v) is 8.71. The summed E-state index contributed by atoms with van der Waals surface area (Å²) in [5, 5.41) is 7.62. The fourth-order valence-electron chi connectivity index (χ4n) is 3.31. The van der Waals surface area contributed by atoms with Crippen molar-refractivity contribution >= 4 is 17.6 Å². The molecule has 0 radical (unpaired) electrons. The number of nitrogens with zero attached hydrogens (tertiary/aromatic N) is 3. The highest BCUT2D eigenvalue weighted by atomic mass is 19.1. The van der Waals surface area contributed by atoms with E-state index in [0.717, 1.165) is 16.9 Å². The molecule has 0 aliphatic heterocycles. The van der Waals surface area contributed by atoms with Crippen LogP contribution in [0.25, 0.3) is 5.69 Å². The van der Waals surface area contributed by atoms with E-state index in [1.807, 2.05) is 37.3 Å². The van der Waals surface area contributed by atoms with Gasteiger partial charge >= 0.3 is 0 Å². The number of carbonyl (C=O) groups is 2. The molecule has 0 aliphatic carbocycles. The zero-order valence-corrected chi connectivity index (χ0v) is 19.1. The zero-order valence-electron chi connectivity index (χ0n) is 19.1. The van der Waals surface area contributed by atoms with Crippen LogP contribution in [-0.4, -0.2) is 39.6 Å². The minimum absolute atomic E-state index is 0.0536. The minimum Gasteiger partial charge on any atom is -0.330 e. The van der Waals surface area contributed by atoms with E-state index >= 15 is 0 Å². The lowest BCUT2D eigenvalue weighted by molar-refractivity contribution is -0.116. The van der Waals surface area contributed by atoms with Crippen LogP contribution in [0.3, 0.4) is 0 Å². The maximum absolute atomic E-state index is 14.1. The summed E-state index contributed by atoms with van der Waals surface area (Å²) in [7, 11) is 0. The first-order valence-electron chi connectivity index (χ1n) is 10.6. The number of aryl methyl sites for hydroxylation is 1. The number of likely N-dealkylation sites (N-methyl/N-ethyl adjacent to an activating group) is 1. The van der Waals surface area contributed by atoms with Crippen molar-refractivity contribution in [3.8, 4) is 5.69 Å². The van der Waals surface area contributed by atoms with Crippen LogP contribution in [0, 0.1) is 12.7 Å². The van der Waals surface area contributed by atoms with Crippen molar-refractivity contribution in [2.45, 2.75) is 40.0 Å². The highest BCUT2D eigenvalue weighted by Crippen LogP contribution is 2.27. The molecule has 1 aromatic heterocycles. The molecule has 6 nitrogen and oxygen atoms in total. The van der Waals surface area contributed by atoms with Crippen LogP contribution in [0.15, 0.2) is 54.6 Å². The van der Waals surface area contributed by atoms with Crippen molar-refractivity contribution in [1.82, 2.24) is 14.7 Å². The molecule has 7 heteroatoms. The Bertz CT molecular complexity index is 1130. The van der Waals surface area contributed by atoms with Gasteiger partial charge in [0, 0.05) is 18.0 Å². The van der Waals surface area contributed by atoms with E-state index in [1.54, 1.807) is 17.7 Å². The van der Waals surface area contributed by atoms with Gasteiger partial charge in [-0.15, -0.1) is 0 Å². The molecule has 0 atom stereocenters. The van der Waals surface area contributed by atoms with E-state index in [-0.39, 0.29) is 30.0 Å². The van der Waals surface area contributed by atoms with Gasteiger partial charge in [0.1, 0.15) is 18.2 Å². The lowest BCUT2D eigenvalue weighted by atomic mass is 9.92. The molecule has 0 bridgehead atoms. The Balaban J connectivity index is 1.87. The van der Waals surface area contributed by atoms with Gasteiger partial charge < -0.3 is 10.2 Å². The monoisotopic (exact) mass is 436 g/mol. The van der Waals surface area contributed by atoms with E-state index in [2.05, 4.69) is 26.1 Å². The molecule has 0 fully saturated rings. The van der Waals surface area contributed by atoms with E-state index < -0.39 is 11.7 Å². The summed E-state index contributed by atoms with van der Waals surface area (Å²) in [5.41, 5.74) is 2.42. The largest absolute Gasteiger partial charge is 0.330 e. The highest BCUT2D eigenvalue weighted by molar-refractivity contribution is 5.99. The number of hydrogen-bond donors (Lipinski definition) is 1. The quantitative estimate of drug-likeness (QED) is 0.608. The standard InChI is InChI=1S/C25H29FN4O2/c1-6-29(24(32)18-12-8-9-13-19(18)26)16-23(31)27-22-15-21(25(3,4)5)28-30(22)20-14-10-7-11-17(20)2/h7-15H,6,16H2,1-5H3,(H,27,31). The minimum atomic E-state index is -0.608. The summed E-state index contributed by atoms with van der Waals surface area (Å²) >= 11 is 0. The topological polar surface area (TPSA) is 67.2 Å². The molecule has 32 heavy (non-hydrogen) atoms. The Morgan fingerprint density at radius 2 is 1.75 bits per heavy atom. The summed E-state index contributed by atoms with van der Waals surface area (Å²) < 4.78 is 15.8. The Labute approximate surface area is 188 Å². The van der Waals surface area contributed by atoms with Gasteiger partial charge in [0.2, 0.25) is 5.91 Å². The molecule has 168 valence electrons. The predicted molar refractivity (Wildman–Crippen MR) is 124 cm³/mol. The smallest absolute Gasteiger partial charge is 0.257 e. The van der Waals surface area contributed by atoms with Gasteiger partial charge in [0.05, 0.1) is 16.9 Å². The van der Waals surface area contributed by atoms with E-state index in [0.29, 0.717) is 5.82 Å². The Hall–Kier alpha value is -3.48. The van der Waals surface area contributed by atoms with Gasteiger partial charge in [-0.1, -0.05) is 51.1 Å². The van der Waals surface area contributed by atoms with Crippen LogP contribution in [-0.2, 0) is 10.2 Å². The number of para-hydroxylation sites is 1. The molecule has 3 aromatic rings. The Kier molecular flexibility index (Phi) is 6.77. The molecule has 1 heterocycles. The lowest BCUT2D eigenvalue weighted by Crippen LogP contribution is -2.38. The Morgan fingerprint density at radius 1 is 1.09 bits per heavy atom. The van der Waals surface area contributed by atoms with Crippen LogP contribution in [0.1, 0.15) is 49.3 Å². The number of amides is 2. The van der Waals surface area contributed by atoms with Crippen molar-refractivity contribution in [2.75, 3.05) is 18.4 Å². The first-order valence-corrected chi connectivity index (χ1v) is 10.6. The molecule has 2 aromatic carbocycles. The molecule has 0 saturated heterocycles. The summed E-state index contributed by atoms with van der Waals surface area (Å²) in [4.78, 5) is 26.9. The zero-order chi connectivity index (χ0) is 23.5. The number of nitrogens with one attached hydrogen (secondary N) is 1. The fraction of sp³-hybridized carbons (Fsp3) is 0.320. The summed E-state index contributed by atoms with van der Waals surface area (Å²) in [6, 6.07) is 15.4. The number of halogens is 1. The van der Waals surface area contributed by atoms with Gasteiger partial charge in [0.25, 0.3) is 5.91 Å². The van der Waals surface area contributed by atoms with E-state index in [1.165, 1.54) is 23.1 Å². The van der Waals surface area contributed by atoms with Crippen molar-refractivity contribution in [2.24, 2.45) is 0 Å². The van der Waals surface area contributed by atoms with Crippen LogP contribution >= 0.6 is 0 Å². The third-order valence-corrected chi connectivity index (χ3v) is 5.20. The summed E-state index contributed by atoms with van der Waals surface area (Å²) in [5.74, 6) is -0.998. The van der Waals surface area contributed by atoms with E-state index in [9.17, 15) is 14.0 Å².